The topological polar surface area (TPSA) is 52.0 Å². The van der Waals surface area contributed by atoms with Gasteiger partial charge in [-0.15, -0.1) is 0 Å². The van der Waals surface area contributed by atoms with Gasteiger partial charge in [-0.3, -0.25) is 4.98 Å². The number of hydrogen-bond acceptors (Lipinski definition) is 4. The molecule has 1 aliphatic heterocycles. The molecule has 1 N–H and O–H groups in total. The lowest BCUT2D eigenvalue weighted by atomic mass is 10.1. The fourth-order valence-electron chi connectivity index (χ4n) is 2.67. The van der Waals surface area contributed by atoms with E-state index in [4.69, 9.17) is 0 Å². The number of benzene rings is 1. The molecular weight excluding hydrogens is 236 g/mol. The quantitative estimate of drug-likeness (QED) is 0.841. The van der Waals surface area contributed by atoms with Crippen molar-refractivity contribution in [2.75, 3.05) is 31.1 Å². The van der Waals surface area contributed by atoms with E-state index in [-0.39, 0.29) is 0 Å². The Morgan fingerprint density at radius 1 is 1.32 bits per heavy atom. The van der Waals surface area contributed by atoms with Crippen LogP contribution < -0.4 is 10.2 Å². The van der Waals surface area contributed by atoms with Gasteiger partial charge in [0.1, 0.15) is 6.07 Å². The monoisotopic (exact) mass is 252 g/mol. The molecule has 3 rings (SSSR count). The van der Waals surface area contributed by atoms with E-state index in [1.165, 1.54) is 0 Å². The summed E-state index contributed by atoms with van der Waals surface area (Å²) < 4.78 is 0. The molecule has 96 valence electrons. The molecule has 4 heteroatoms. The minimum atomic E-state index is 0.667. The van der Waals surface area contributed by atoms with E-state index in [1.54, 1.807) is 6.20 Å². The molecule has 0 bridgehead atoms. The van der Waals surface area contributed by atoms with Gasteiger partial charge in [-0.1, -0.05) is 18.2 Å². The minimum Gasteiger partial charge on any atom is -0.367 e. The molecule has 19 heavy (non-hydrogen) atoms. The predicted molar refractivity (Wildman–Crippen MR) is 76.3 cm³/mol. The van der Waals surface area contributed by atoms with E-state index in [2.05, 4.69) is 40.3 Å². The average molecular weight is 252 g/mol. The SMILES string of the molecule is Cc1cccc2c(N3CCNCC3)c(C#N)cnc12. The third-order valence-corrected chi connectivity index (χ3v) is 3.62. The molecular formula is C15H16N4. The van der Waals surface area contributed by atoms with Crippen molar-refractivity contribution in [2.24, 2.45) is 0 Å². The second-order valence-corrected chi connectivity index (χ2v) is 4.84. The van der Waals surface area contributed by atoms with Crippen molar-refractivity contribution in [3.63, 3.8) is 0 Å². The van der Waals surface area contributed by atoms with Crippen LogP contribution in [0.15, 0.2) is 24.4 Å². The normalized spacial score (nSPS) is 15.5. The number of pyridine rings is 1. The summed E-state index contributed by atoms with van der Waals surface area (Å²) in [5.74, 6) is 0. The summed E-state index contributed by atoms with van der Waals surface area (Å²) in [6, 6.07) is 8.44. The average Bonchev–Trinajstić information content (AvgIpc) is 2.47. The number of rotatable bonds is 1. The zero-order chi connectivity index (χ0) is 13.2. The van der Waals surface area contributed by atoms with Crippen LogP contribution in [0.3, 0.4) is 0 Å². The number of nitriles is 1. The van der Waals surface area contributed by atoms with Crippen LogP contribution in [0.25, 0.3) is 10.9 Å². The van der Waals surface area contributed by atoms with Crippen molar-refractivity contribution in [1.29, 1.82) is 5.26 Å². The third-order valence-electron chi connectivity index (χ3n) is 3.62. The second kappa shape index (κ2) is 4.87. The molecule has 1 fully saturated rings. The summed E-state index contributed by atoms with van der Waals surface area (Å²) in [5.41, 5.74) is 3.85. The van der Waals surface area contributed by atoms with Gasteiger partial charge in [-0.2, -0.15) is 5.26 Å². The Kier molecular flexibility index (Phi) is 3.06. The Labute approximate surface area is 112 Å². The van der Waals surface area contributed by atoms with Gasteiger partial charge in [0.05, 0.1) is 16.8 Å². The van der Waals surface area contributed by atoms with E-state index in [1.807, 2.05) is 6.07 Å². The largest absolute Gasteiger partial charge is 0.367 e. The first-order valence-corrected chi connectivity index (χ1v) is 6.55. The fraction of sp³-hybridized carbons (Fsp3) is 0.333. The van der Waals surface area contributed by atoms with Crippen LogP contribution >= 0.6 is 0 Å². The number of fused-ring (bicyclic) bond motifs is 1. The van der Waals surface area contributed by atoms with Gasteiger partial charge < -0.3 is 10.2 Å². The Balaban J connectivity index is 2.24. The van der Waals surface area contributed by atoms with Crippen molar-refractivity contribution in [3.8, 4) is 6.07 Å². The summed E-state index contributed by atoms with van der Waals surface area (Å²) in [6.45, 7) is 5.84. The molecule has 0 unspecified atom stereocenters. The van der Waals surface area contributed by atoms with E-state index in [9.17, 15) is 5.26 Å². The molecule has 1 aromatic carbocycles. The van der Waals surface area contributed by atoms with Gasteiger partial charge in [-0.25, -0.2) is 0 Å². The van der Waals surface area contributed by atoms with E-state index < -0.39 is 0 Å². The predicted octanol–water partition coefficient (Wildman–Crippen LogP) is 1.82. The van der Waals surface area contributed by atoms with Crippen LogP contribution in [0.1, 0.15) is 11.1 Å². The van der Waals surface area contributed by atoms with Crippen molar-refractivity contribution >= 4 is 16.6 Å². The number of aromatic nitrogens is 1. The molecule has 1 saturated heterocycles. The first kappa shape index (κ1) is 11.9. The molecule has 4 nitrogen and oxygen atoms in total. The number of hydrogen-bond donors (Lipinski definition) is 1. The highest BCUT2D eigenvalue weighted by Crippen LogP contribution is 2.30. The first-order chi connectivity index (χ1) is 9.31. The Morgan fingerprint density at radius 2 is 2.11 bits per heavy atom. The number of aryl methyl sites for hydroxylation is 1. The van der Waals surface area contributed by atoms with E-state index in [0.717, 1.165) is 48.3 Å². The summed E-state index contributed by atoms with van der Waals surface area (Å²) in [7, 11) is 0. The maximum atomic E-state index is 9.35. The molecule has 1 aliphatic rings. The number of anilines is 1. The van der Waals surface area contributed by atoms with Crippen molar-refractivity contribution < 1.29 is 0 Å². The first-order valence-electron chi connectivity index (χ1n) is 6.55. The molecule has 0 spiro atoms. The highest BCUT2D eigenvalue weighted by atomic mass is 15.2. The Morgan fingerprint density at radius 3 is 2.84 bits per heavy atom. The summed E-state index contributed by atoms with van der Waals surface area (Å²) in [6.07, 6.45) is 1.70. The molecule has 2 heterocycles. The van der Waals surface area contributed by atoms with Crippen LogP contribution in [0.4, 0.5) is 5.69 Å². The molecule has 1 aromatic heterocycles. The van der Waals surface area contributed by atoms with Gasteiger partial charge in [0.15, 0.2) is 0 Å². The standard InChI is InChI=1S/C15H16N4/c1-11-3-2-4-13-14(11)18-10-12(9-16)15(13)19-7-5-17-6-8-19/h2-4,10,17H,5-8H2,1H3. The second-order valence-electron chi connectivity index (χ2n) is 4.84. The third kappa shape index (κ3) is 2.02. The van der Waals surface area contributed by atoms with Crippen LogP contribution in [0.2, 0.25) is 0 Å². The lowest BCUT2D eigenvalue weighted by Gasteiger charge is -2.31. The van der Waals surface area contributed by atoms with Crippen LogP contribution in [0.5, 0.6) is 0 Å². The smallest absolute Gasteiger partial charge is 0.103 e. The Hall–Kier alpha value is -2.12. The molecule has 0 radical (unpaired) electrons. The highest BCUT2D eigenvalue weighted by molar-refractivity contribution is 5.96. The molecule has 0 aliphatic carbocycles. The lowest BCUT2D eigenvalue weighted by molar-refractivity contribution is 0.590. The van der Waals surface area contributed by atoms with Crippen molar-refractivity contribution in [1.82, 2.24) is 10.3 Å². The molecule has 0 saturated carbocycles. The maximum absolute atomic E-state index is 9.35. The van der Waals surface area contributed by atoms with Crippen LogP contribution in [-0.2, 0) is 0 Å². The number of nitrogens with zero attached hydrogens (tertiary/aromatic N) is 3. The van der Waals surface area contributed by atoms with Crippen LogP contribution in [-0.4, -0.2) is 31.2 Å². The number of nitrogens with one attached hydrogen (secondary N) is 1. The van der Waals surface area contributed by atoms with E-state index >= 15 is 0 Å². The molecule has 0 atom stereocenters. The molecule has 2 aromatic rings. The summed E-state index contributed by atoms with van der Waals surface area (Å²) in [5, 5.41) is 13.8. The van der Waals surface area contributed by atoms with Gasteiger partial charge in [0.2, 0.25) is 0 Å². The van der Waals surface area contributed by atoms with Gasteiger partial charge in [0, 0.05) is 37.8 Å². The lowest BCUT2D eigenvalue weighted by Crippen LogP contribution is -2.44. The van der Waals surface area contributed by atoms with Gasteiger partial charge in [-0.05, 0) is 12.5 Å². The number of para-hydroxylation sites is 1. The Bertz CT molecular complexity index is 651. The minimum absolute atomic E-state index is 0.667. The van der Waals surface area contributed by atoms with Gasteiger partial charge in [0.25, 0.3) is 0 Å². The van der Waals surface area contributed by atoms with Crippen molar-refractivity contribution in [3.05, 3.63) is 35.5 Å². The summed E-state index contributed by atoms with van der Waals surface area (Å²) in [4.78, 5) is 6.73. The zero-order valence-electron chi connectivity index (χ0n) is 11.0. The highest BCUT2D eigenvalue weighted by Gasteiger charge is 2.18. The summed E-state index contributed by atoms with van der Waals surface area (Å²) >= 11 is 0. The fourth-order valence-corrected chi connectivity index (χ4v) is 2.67. The van der Waals surface area contributed by atoms with Gasteiger partial charge >= 0.3 is 0 Å². The number of piperazine rings is 1. The van der Waals surface area contributed by atoms with Crippen molar-refractivity contribution in [2.45, 2.75) is 6.92 Å². The van der Waals surface area contributed by atoms with E-state index in [0.29, 0.717) is 5.56 Å². The van der Waals surface area contributed by atoms with Crippen LogP contribution in [0, 0.1) is 18.3 Å². The zero-order valence-corrected chi connectivity index (χ0v) is 11.0. The maximum Gasteiger partial charge on any atom is 0.103 e. The molecule has 0 amide bonds.